The van der Waals surface area contributed by atoms with E-state index in [4.69, 9.17) is 14.2 Å². The van der Waals surface area contributed by atoms with Crippen molar-refractivity contribution in [1.82, 2.24) is 4.98 Å². The Morgan fingerprint density at radius 1 is 1.16 bits per heavy atom. The molecule has 1 aromatic heterocycles. The molecular formula is C18H15N3O3S. The van der Waals surface area contributed by atoms with Gasteiger partial charge in [0.05, 0.1) is 19.0 Å². The molecular weight excluding hydrogens is 338 g/mol. The van der Waals surface area contributed by atoms with Crippen molar-refractivity contribution in [1.29, 1.82) is 0 Å². The topological polar surface area (TPSA) is 65.0 Å². The first kappa shape index (κ1) is 15.5. The van der Waals surface area contributed by atoms with Crippen LogP contribution in [0.5, 0.6) is 17.2 Å². The van der Waals surface area contributed by atoms with Crippen molar-refractivity contribution < 1.29 is 14.2 Å². The lowest BCUT2D eigenvalue weighted by molar-refractivity contribution is 0.174. The van der Waals surface area contributed by atoms with Gasteiger partial charge in [-0.25, -0.2) is 4.98 Å². The Hall–Kier alpha value is -3.06. The van der Waals surface area contributed by atoms with E-state index in [-0.39, 0.29) is 6.79 Å². The third-order valence-electron chi connectivity index (χ3n) is 3.66. The van der Waals surface area contributed by atoms with E-state index >= 15 is 0 Å². The zero-order valence-corrected chi connectivity index (χ0v) is 14.2. The number of ether oxygens (including phenoxy) is 3. The van der Waals surface area contributed by atoms with Gasteiger partial charge in [-0.15, -0.1) is 11.3 Å². The summed E-state index contributed by atoms with van der Waals surface area (Å²) in [5, 5.41) is 6.94. The number of nitrogens with zero attached hydrogens (tertiary/aromatic N) is 2. The third kappa shape index (κ3) is 3.41. The largest absolute Gasteiger partial charge is 0.497 e. The van der Waals surface area contributed by atoms with Crippen molar-refractivity contribution in [3.8, 4) is 28.5 Å². The third-order valence-corrected chi connectivity index (χ3v) is 4.41. The van der Waals surface area contributed by atoms with Crippen LogP contribution in [0.4, 0.5) is 5.13 Å². The number of thiazole rings is 1. The molecule has 0 unspecified atom stereocenters. The minimum atomic E-state index is 0.265. The van der Waals surface area contributed by atoms with Gasteiger partial charge in [0.2, 0.25) is 11.9 Å². The summed E-state index contributed by atoms with van der Waals surface area (Å²) in [4.78, 5) is 4.53. The quantitative estimate of drug-likeness (QED) is 0.555. The summed E-state index contributed by atoms with van der Waals surface area (Å²) in [6.07, 6.45) is 1.72. The molecule has 0 spiro atoms. The minimum absolute atomic E-state index is 0.265. The minimum Gasteiger partial charge on any atom is -0.497 e. The Kier molecular flexibility index (Phi) is 4.22. The molecule has 0 aliphatic carbocycles. The van der Waals surface area contributed by atoms with Crippen molar-refractivity contribution in [2.45, 2.75) is 0 Å². The lowest BCUT2D eigenvalue weighted by atomic mass is 10.2. The normalized spacial score (nSPS) is 12.5. The number of hydrogen-bond donors (Lipinski definition) is 1. The van der Waals surface area contributed by atoms with Crippen LogP contribution < -0.4 is 19.6 Å². The number of nitrogens with one attached hydrogen (secondary N) is 1. The summed E-state index contributed by atoms with van der Waals surface area (Å²) in [6.45, 7) is 0.265. The number of fused-ring (bicyclic) bond motifs is 1. The summed E-state index contributed by atoms with van der Waals surface area (Å²) in [5.74, 6) is 2.32. The number of rotatable bonds is 5. The van der Waals surface area contributed by atoms with Gasteiger partial charge in [-0.3, -0.25) is 5.43 Å². The summed E-state index contributed by atoms with van der Waals surface area (Å²) in [5.41, 5.74) is 5.80. The Morgan fingerprint density at radius 2 is 2.00 bits per heavy atom. The predicted octanol–water partition coefficient (Wildman–Crippen LogP) is 3.99. The smallest absolute Gasteiger partial charge is 0.231 e. The number of benzene rings is 2. The van der Waals surface area contributed by atoms with Crippen molar-refractivity contribution in [2.24, 2.45) is 5.10 Å². The van der Waals surface area contributed by atoms with E-state index in [1.807, 2.05) is 47.8 Å². The monoisotopic (exact) mass is 353 g/mol. The predicted molar refractivity (Wildman–Crippen MR) is 97.9 cm³/mol. The first-order chi connectivity index (χ1) is 12.3. The molecule has 3 aromatic rings. The van der Waals surface area contributed by atoms with Gasteiger partial charge in [0.1, 0.15) is 5.75 Å². The summed E-state index contributed by atoms with van der Waals surface area (Å²) in [6, 6.07) is 13.5. The molecule has 25 heavy (non-hydrogen) atoms. The molecule has 0 amide bonds. The average molecular weight is 353 g/mol. The Morgan fingerprint density at radius 3 is 2.84 bits per heavy atom. The molecule has 126 valence electrons. The molecule has 0 atom stereocenters. The molecule has 4 rings (SSSR count). The van der Waals surface area contributed by atoms with Crippen LogP contribution in [0.3, 0.4) is 0 Å². The highest BCUT2D eigenvalue weighted by Crippen LogP contribution is 2.32. The second-order valence-corrected chi connectivity index (χ2v) is 6.11. The number of aromatic nitrogens is 1. The number of hydrazone groups is 1. The number of hydrogen-bond acceptors (Lipinski definition) is 7. The molecule has 1 aliphatic rings. The van der Waals surface area contributed by atoms with Crippen LogP contribution in [-0.4, -0.2) is 25.1 Å². The van der Waals surface area contributed by atoms with Gasteiger partial charge in [-0.2, -0.15) is 5.10 Å². The van der Waals surface area contributed by atoms with Gasteiger partial charge in [0.25, 0.3) is 0 Å². The maximum Gasteiger partial charge on any atom is 0.231 e. The van der Waals surface area contributed by atoms with E-state index in [2.05, 4.69) is 15.5 Å². The molecule has 6 nitrogen and oxygen atoms in total. The lowest BCUT2D eigenvalue weighted by Crippen LogP contribution is -1.93. The van der Waals surface area contributed by atoms with Crippen molar-refractivity contribution in [3.63, 3.8) is 0 Å². The van der Waals surface area contributed by atoms with Crippen molar-refractivity contribution in [2.75, 3.05) is 19.3 Å². The molecule has 0 saturated carbocycles. The SMILES string of the molecule is COc1ccc(-c2csc(N/N=C\c3ccc4c(c3)OCO4)n2)cc1. The van der Waals surface area contributed by atoms with Crippen LogP contribution in [0.1, 0.15) is 5.56 Å². The summed E-state index contributed by atoms with van der Waals surface area (Å²) in [7, 11) is 1.65. The molecule has 0 saturated heterocycles. The molecule has 0 fully saturated rings. The van der Waals surface area contributed by atoms with Gasteiger partial charge in [0.15, 0.2) is 11.5 Å². The highest BCUT2D eigenvalue weighted by Gasteiger charge is 2.12. The van der Waals surface area contributed by atoms with Crippen molar-refractivity contribution in [3.05, 3.63) is 53.4 Å². The first-order valence-electron chi connectivity index (χ1n) is 7.60. The van der Waals surface area contributed by atoms with Gasteiger partial charge >= 0.3 is 0 Å². The Balaban J connectivity index is 1.42. The fraction of sp³-hybridized carbons (Fsp3) is 0.111. The van der Waals surface area contributed by atoms with Gasteiger partial charge < -0.3 is 14.2 Å². The highest BCUT2D eigenvalue weighted by molar-refractivity contribution is 7.14. The summed E-state index contributed by atoms with van der Waals surface area (Å²) < 4.78 is 15.8. The number of anilines is 1. The molecule has 2 heterocycles. The van der Waals surface area contributed by atoms with E-state index in [0.717, 1.165) is 39.2 Å². The lowest BCUT2D eigenvalue weighted by Gasteiger charge is -2.00. The van der Waals surface area contributed by atoms with Crippen LogP contribution >= 0.6 is 11.3 Å². The zero-order chi connectivity index (χ0) is 17.1. The Bertz CT molecular complexity index is 906. The maximum absolute atomic E-state index is 5.35. The standard InChI is InChI=1S/C18H15N3O3S/c1-22-14-5-3-13(4-6-14)15-10-25-18(20-15)21-19-9-12-2-7-16-17(8-12)24-11-23-16/h2-10H,11H2,1H3,(H,20,21)/b19-9-. The van der Waals surface area contributed by atoms with Crippen LogP contribution in [-0.2, 0) is 0 Å². The molecule has 0 bridgehead atoms. The fourth-order valence-electron chi connectivity index (χ4n) is 2.37. The molecule has 1 N–H and O–H groups in total. The van der Waals surface area contributed by atoms with Crippen LogP contribution in [0.25, 0.3) is 11.3 Å². The molecule has 7 heteroatoms. The fourth-order valence-corrected chi connectivity index (χ4v) is 3.04. The van der Waals surface area contributed by atoms with Crippen molar-refractivity contribution >= 4 is 22.7 Å². The average Bonchev–Trinajstić information content (AvgIpc) is 3.31. The van der Waals surface area contributed by atoms with Gasteiger partial charge in [-0.05, 0) is 48.0 Å². The van der Waals surface area contributed by atoms with Gasteiger partial charge in [-0.1, -0.05) is 0 Å². The van der Waals surface area contributed by atoms with Crippen LogP contribution in [0.2, 0.25) is 0 Å². The van der Waals surface area contributed by atoms with Crippen LogP contribution in [0.15, 0.2) is 52.9 Å². The molecule has 0 radical (unpaired) electrons. The van der Waals surface area contributed by atoms with Gasteiger partial charge in [0, 0.05) is 10.9 Å². The van der Waals surface area contributed by atoms with Crippen LogP contribution in [0, 0.1) is 0 Å². The maximum atomic E-state index is 5.35. The zero-order valence-electron chi connectivity index (χ0n) is 13.4. The second-order valence-electron chi connectivity index (χ2n) is 5.25. The van der Waals surface area contributed by atoms with E-state index < -0.39 is 0 Å². The van der Waals surface area contributed by atoms with E-state index in [0.29, 0.717) is 0 Å². The number of methoxy groups -OCH3 is 1. The molecule has 2 aromatic carbocycles. The Labute approximate surface area is 148 Å². The highest BCUT2D eigenvalue weighted by atomic mass is 32.1. The summed E-state index contributed by atoms with van der Waals surface area (Å²) >= 11 is 1.50. The second kappa shape index (κ2) is 6.82. The first-order valence-corrected chi connectivity index (χ1v) is 8.48. The van der Waals surface area contributed by atoms with E-state index in [1.54, 1.807) is 13.3 Å². The molecule has 1 aliphatic heterocycles. The van der Waals surface area contributed by atoms with E-state index in [9.17, 15) is 0 Å². The van der Waals surface area contributed by atoms with E-state index in [1.165, 1.54) is 11.3 Å².